The molecule has 0 bridgehead atoms. The summed E-state index contributed by atoms with van der Waals surface area (Å²) in [6.07, 6.45) is 0.642. The van der Waals surface area contributed by atoms with Crippen LogP contribution in [0.3, 0.4) is 0 Å². The summed E-state index contributed by atoms with van der Waals surface area (Å²) < 4.78 is 18.3. The number of carboxylic acids is 1. The van der Waals surface area contributed by atoms with E-state index in [1.165, 1.54) is 12.1 Å². The molecule has 1 aromatic rings. The minimum absolute atomic E-state index is 0.0426. The lowest BCUT2D eigenvalue weighted by atomic mass is 10.1. The highest BCUT2D eigenvalue weighted by Gasteiger charge is 2.11. The van der Waals surface area contributed by atoms with Gasteiger partial charge in [0.2, 0.25) is 0 Å². The Bertz CT molecular complexity index is 425. The average Bonchev–Trinajstić information content (AvgIpc) is 2.38. The average molecular weight is 271 g/mol. The molecule has 0 heterocycles. The largest absolute Gasteiger partial charge is 0.478 e. The van der Waals surface area contributed by atoms with Crippen molar-refractivity contribution in [2.45, 2.75) is 19.0 Å². The molecule has 0 spiro atoms. The molecular weight excluding hydrogens is 253 g/mol. The van der Waals surface area contributed by atoms with Crippen molar-refractivity contribution in [1.82, 2.24) is 5.32 Å². The maximum absolute atomic E-state index is 13.4. The van der Waals surface area contributed by atoms with Gasteiger partial charge < -0.3 is 20.3 Å². The Morgan fingerprint density at radius 1 is 1.53 bits per heavy atom. The number of hydrogen-bond acceptors (Lipinski definition) is 4. The predicted molar refractivity (Wildman–Crippen MR) is 67.6 cm³/mol. The number of aromatic carboxylic acids is 1. The highest BCUT2D eigenvalue weighted by molar-refractivity contribution is 5.87. The molecule has 0 aromatic heterocycles. The van der Waals surface area contributed by atoms with Crippen molar-refractivity contribution in [2.75, 3.05) is 20.3 Å². The van der Waals surface area contributed by atoms with E-state index < -0.39 is 11.8 Å². The van der Waals surface area contributed by atoms with Gasteiger partial charge in [0.1, 0.15) is 5.82 Å². The zero-order chi connectivity index (χ0) is 14.3. The molecule has 106 valence electrons. The fourth-order valence-electron chi connectivity index (χ4n) is 1.62. The quantitative estimate of drug-likeness (QED) is 0.657. The molecule has 0 fully saturated rings. The van der Waals surface area contributed by atoms with Crippen molar-refractivity contribution in [3.05, 3.63) is 35.1 Å². The molecule has 0 aliphatic rings. The number of hydrogen-bond donors (Lipinski definition) is 3. The lowest BCUT2D eigenvalue weighted by Crippen LogP contribution is -2.33. The minimum Gasteiger partial charge on any atom is -0.478 e. The number of aliphatic hydroxyl groups excluding tert-OH is 1. The Hall–Kier alpha value is -1.50. The summed E-state index contributed by atoms with van der Waals surface area (Å²) in [7, 11) is 1.58. The van der Waals surface area contributed by atoms with Gasteiger partial charge in [-0.2, -0.15) is 0 Å². The minimum atomic E-state index is -1.29. The van der Waals surface area contributed by atoms with E-state index in [0.717, 1.165) is 0 Å². The zero-order valence-electron chi connectivity index (χ0n) is 10.7. The Morgan fingerprint density at radius 3 is 2.79 bits per heavy atom. The first-order valence-corrected chi connectivity index (χ1v) is 5.93. The van der Waals surface area contributed by atoms with E-state index in [1.54, 1.807) is 13.2 Å². The third kappa shape index (κ3) is 4.94. The van der Waals surface area contributed by atoms with Crippen LogP contribution in [0.5, 0.6) is 0 Å². The van der Waals surface area contributed by atoms with Crippen molar-refractivity contribution in [2.24, 2.45) is 0 Å². The van der Waals surface area contributed by atoms with Crippen LogP contribution in [0, 0.1) is 5.82 Å². The summed E-state index contributed by atoms with van der Waals surface area (Å²) in [5.41, 5.74) is 0.278. The number of benzene rings is 1. The smallest absolute Gasteiger partial charge is 0.338 e. The molecule has 0 saturated heterocycles. The number of nitrogens with one attached hydrogen (secondary N) is 1. The molecule has 1 rings (SSSR count). The van der Waals surface area contributed by atoms with Crippen molar-refractivity contribution in [1.29, 1.82) is 0 Å². The van der Waals surface area contributed by atoms with Gasteiger partial charge in [-0.15, -0.1) is 0 Å². The van der Waals surface area contributed by atoms with Crippen LogP contribution in [0.4, 0.5) is 4.39 Å². The van der Waals surface area contributed by atoms with Gasteiger partial charge in [-0.05, 0) is 24.1 Å². The van der Waals surface area contributed by atoms with E-state index >= 15 is 0 Å². The fraction of sp³-hybridized carbons (Fsp3) is 0.462. The molecule has 0 amide bonds. The predicted octanol–water partition coefficient (Wildman–Crippen LogP) is 1.01. The normalized spacial score (nSPS) is 12.4. The van der Waals surface area contributed by atoms with Gasteiger partial charge in [-0.1, -0.05) is 6.07 Å². The molecule has 0 aliphatic heterocycles. The van der Waals surface area contributed by atoms with Crippen molar-refractivity contribution < 1.29 is 24.1 Å². The summed E-state index contributed by atoms with van der Waals surface area (Å²) in [6.45, 7) is 0.829. The Kier molecular flexibility index (Phi) is 6.41. The number of carboxylic acid groups (broad SMARTS) is 1. The number of rotatable bonds is 8. The standard InChI is InChI=1S/C13H18FNO4/c1-19-5-4-10(8-16)15-7-9-2-3-11(13(17)18)12(14)6-9/h2-3,6,10,15-16H,4-5,7-8H2,1H3,(H,17,18). The lowest BCUT2D eigenvalue weighted by molar-refractivity contribution is 0.0692. The molecule has 6 heteroatoms. The van der Waals surface area contributed by atoms with Crippen LogP contribution in [0.1, 0.15) is 22.3 Å². The molecule has 0 radical (unpaired) electrons. The summed E-state index contributed by atoms with van der Waals surface area (Å²) in [6, 6.07) is 3.82. The number of halogens is 1. The molecule has 19 heavy (non-hydrogen) atoms. The lowest BCUT2D eigenvalue weighted by Gasteiger charge is -2.15. The topological polar surface area (TPSA) is 78.8 Å². The summed E-state index contributed by atoms with van der Waals surface area (Å²) in [5.74, 6) is -2.05. The number of ether oxygens (including phenoxy) is 1. The monoisotopic (exact) mass is 271 g/mol. The van der Waals surface area contributed by atoms with E-state index in [-0.39, 0.29) is 18.2 Å². The van der Waals surface area contributed by atoms with Crippen molar-refractivity contribution in [3.8, 4) is 0 Å². The van der Waals surface area contributed by atoms with Crippen LogP contribution in [0.25, 0.3) is 0 Å². The molecule has 1 atom stereocenters. The van der Waals surface area contributed by atoms with Gasteiger partial charge in [-0.3, -0.25) is 0 Å². The van der Waals surface area contributed by atoms with Crippen LogP contribution in [-0.2, 0) is 11.3 Å². The zero-order valence-corrected chi connectivity index (χ0v) is 10.7. The van der Waals surface area contributed by atoms with E-state index in [4.69, 9.17) is 14.9 Å². The van der Waals surface area contributed by atoms with Gasteiger partial charge in [-0.25, -0.2) is 9.18 Å². The summed E-state index contributed by atoms with van der Waals surface area (Å²) >= 11 is 0. The molecule has 0 saturated carbocycles. The van der Waals surface area contributed by atoms with Crippen molar-refractivity contribution in [3.63, 3.8) is 0 Å². The van der Waals surface area contributed by atoms with E-state index in [2.05, 4.69) is 5.32 Å². The van der Waals surface area contributed by atoms with Crippen LogP contribution in [0.15, 0.2) is 18.2 Å². The second-order valence-electron chi connectivity index (χ2n) is 4.16. The van der Waals surface area contributed by atoms with Crippen molar-refractivity contribution >= 4 is 5.97 Å². The van der Waals surface area contributed by atoms with Gasteiger partial charge in [0.15, 0.2) is 0 Å². The van der Waals surface area contributed by atoms with Gasteiger partial charge >= 0.3 is 5.97 Å². The Morgan fingerprint density at radius 2 is 2.26 bits per heavy atom. The molecule has 1 unspecified atom stereocenters. The van der Waals surface area contributed by atoms with E-state index in [9.17, 15) is 9.18 Å². The first kappa shape index (κ1) is 15.6. The molecule has 0 aliphatic carbocycles. The summed E-state index contributed by atoms with van der Waals surface area (Å²) in [5, 5.41) is 20.9. The Labute approximate surface area is 111 Å². The second kappa shape index (κ2) is 7.83. The third-order valence-electron chi connectivity index (χ3n) is 2.75. The molecular formula is C13H18FNO4. The molecule has 3 N–H and O–H groups in total. The van der Waals surface area contributed by atoms with Gasteiger partial charge in [0.05, 0.1) is 12.2 Å². The first-order valence-electron chi connectivity index (χ1n) is 5.93. The highest BCUT2D eigenvalue weighted by Crippen LogP contribution is 2.10. The van der Waals surface area contributed by atoms with Crippen LogP contribution in [0.2, 0.25) is 0 Å². The van der Waals surface area contributed by atoms with Gasteiger partial charge in [0.25, 0.3) is 0 Å². The Balaban J connectivity index is 2.57. The fourth-order valence-corrected chi connectivity index (χ4v) is 1.62. The number of carbonyl (C=O) groups is 1. The number of aliphatic hydroxyl groups is 1. The third-order valence-corrected chi connectivity index (χ3v) is 2.75. The maximum atomic E-state index is 13.4. The van der Waals surface area contributed by atoms with Crippen LogP contribution in [-0.4, -0.2) is 42.5 Å². The highest BCUT2D eigenvalue weighted by atomic mass is 19.1. The molecule has 1 aromatic carbocycles. The van der Waals surface area contributed by atoms with E-state index in [1.807, 2.05) is 0 Å². The molecule has 5 nitrogen and oxygen atoms in total. The van der Waals surface area contributed by atoms with Crippen LogP contribution < -0.4 is 5.32 Å². The summed E-state index contributed by atoms with van der Waals surface area (Å²) in [4.78, 5) is 10.7. The SMILES string of the molecule is COCCC(CO)NCc1ccc(C(=O)O)c(F)c1. The van der Waals surface area contributed by atoms with Crippen LogP contribution >= 0.6 is 0 Å². The first-order chi connectivity index (χ1) is 9.08. The van der Waals surface area contributed by atoms with E-state index in [0.29, 0.717) is 25.1 Å². The number of methoxy groups -OCH3 is 1. The van der Waals surface area contributed by atoms with Gasteiger partial charge in [0, 0.05) is 26.3 Å². The maximum Gasteiger partial charge on any atom is 0.338 e. The second-order valence-corrected chi connectivity index (χ2v) is 4.16.